The summed E-state index contributed by atoms with van der Waals surface area (Å²) in [6.07, 6.45) is 0. The van der Waals surface area contributed by atoms with Crippen LogP contribution in [0.2, 0.25) is 0 Å². The minimum absolute atomic E-state index is 0.0484. The second-order valence-corrected chi connectivity index (χ2v) is 4.31. The topological polar surface area (TPSA) is 105 Å². The summed E-state index contributed by atoms with van der Waals surface area (Å²) in [5, 5.41) is 4.22. The number of amides is 1. The van der Waals surface area contributed by atoms with Gasteiger partial charge in [-0.1, -0.05) is 0 Å². The number of methoxy groups -OCH3 is 1. The van der Waals surface area contributed by atoms with Crippen LogP contribution in [-0.4, -0.2) is 32.2 Å². The van der Waals surface area contributed by atoms with Gasteiger partial charge < -0.3 is 19.5 Å². The molecule has 0 aromatic heterocycles. The average Bonchev–Trinajstić information content (AvgIpc) is 3.06. The van der Waals surface area contributed by atoms with Crippen molar-refractivity contribution < 1.29 is 29.0 Å². The van der Waals surface area contributed by atoms with Crippen LogP contribution in [0.4, 0.5) is 11.4 Å². The van der Waals surface area contributed by atoms with E-state index in [0.717, 1.165) is 0 Å². The van der Waals surface area contributed by atoms with Crippen molar-refractivity contribution in [2.75, 3.05) is 25.6 Å². The molecule has 0 unspecified atom stereocenters. The van der Waals surface area contributed by atoms with E-state index in [-0.39, 0.29) is 30.2 Å². The number of esters is 1. The van der Waals surface area contributed by atoms with Crippen LogP contribution < -0.4 is 10.5 Å². The summed E-state index contributed by atoms with van der Waals surface area (Å²) in [5.74, 6) is -2.74. The van der Waals surface area contributed by atoms with Gasteiger partial charge in [-0.3, -0.25) is 4.79 Å². The molecule has 2 aliphatic heterocycles. The van der Waals surface area contributed by atoms with E-state index >= 15 is 0 Å². The molecule has 0 bridgehead atoms. The first kappa shape index (κ1) is 12.7. The van der Waals surface area contributed by atoms with Crippen molar-refractivity contribution in [3.05, 3.63) is 28.2 Å². The molecule has 0 atom stereocenters. The standard InChI is InChI=1S/C12H10N2O6/c1-18-10(15)6-4-7-9(8(5-6)14-17)13-11(16)12(7)19-2-3-20-12/h4-5H,2-3H2,1H3,(H,13,16)/p+1. The van der Waals surface area contributed by atoms with Crippen molar-refractivity contribution in [3.8, 4) is 0 Å². The van der Waals surface area contributed by atoms with Gasteiger partial charge >= 0.3 is 5.97 Å². The maximum Gasteiger partial charge on any atom is 0.338 e. The zero-order valence-corrected chi connectivity index (χ0v) is 10.5. The first-order chi connectivity index (χ1) is 9.62. The number of ether oxygens (including phenoxy) is 3. The number of carbonyl (C=O) groups is 2. The van der Waals surface area contributed by atoms with E-state index in [2.05, 4.69) is 10.1 Å². The highest BCUT2D eigenvalue weighted by atomic mass is 16.7. The zero-order chi connectivity index (χ0) is 14.3. The minimum atomic E-state index is -1.59. The summed E-state index contributed by atoms with van der Waals surface area (Å²) in [4.78, 5) is 34.7. The van der Waals surface area contributed by atoms with Gasteiger partial charge in [0.25, 0.3) is 17.4 Å². The minimum Gasteiger partial charge on any atom is -0.465 e. The molecular formula is C12H11N2O6+. The van der Waals surface area contributed by atoms with Crippen LogP contribution in [0.1, 0.15) is 15.9 Å². The predicted molar refractivity (Wildman–Crippen MR) is 64.0 cm³/mol. The molecule has 104 valence electrons. The monoisotopic (exact) mass is 279 g/mol. The van der Waals surface area contributed by atoms with Gasteiger partial charge in [0.05, 0.1) is 31.5 Å². The first-order valence-electron chi connectivity index (χ1n) is 5.87. The highest BCUT2D eigenvalue weighted by Gasteiger charge is 2.54. The van der Waals surface area contributed by atoms with E-state index in [1.165, 1.54) is 19.2 Å². The first-order valence-corrected chi connectivity index (χ1v) is 5.87. The van der Waals surface area contributed by atoms with Crippen molar-refractivity contribution in [3.63, 3.8) is 0 Å². The van der Waals surface area contributed by atoms with E-state index in [0.29, 0.717) is 5.56 Å². The maximum absolute atomic E-state index is 12.1. The molecule has 1 amide bonds. The Labute approximate surface area is 113 Å². The van der Waals surface area contributed by atoms with Crippen molar-refractivity contribution in [1.29, 1.82) is 0 Å². The molecule has 8 heteroatoms. The van der Waals surface area contributed by atoms with Crippen LogP contribution in [0.15, 0.2) is 12.1 Å². The Kier molecular flexibility index (Phi) is 2.77. The summed E-state index contributed by atoms with van der Waals surface area (Å²) in [6, 6.07) is 2.72. The van der Waals surface area contributed by atoms with Crippen molar-refractivity contribution >= 4 is 23.3 Å². The molecule has 1 aromatic carbocycles. The molecule has 0 aliphatic carbocycles. The van der Waals surface area contributed by atoms with Gasteiger partial charge in [0.1, 0.15) is 5.69 Å². The molecular weight excluding hydrogens is 268 g/mol. The van der Waals surface area contributed by atoms with Crippen LogP contribution >= 0.6 is 0 Å². The zero-order valence-electron chi connectivity index (χ0n) is 10.5. The fraction of sp³-hybridized carbons (Fsp3) is 0.333. The lowest BCUT2D eigenvalue weighted by Gasteiger charge is -2.19. The molecule has 1 fully saturated rings. The summed E-state index contributed by atoms with van der Waals surface area (Å²) in [7, 11) is 1.22. The van der Waals surface area contributed by atoms with Crippen molar-refractivity contribution in [2.24, 2.45) is 0 Å². The van der Waals surface area contributed by atoms with Gasteiger partial charge in [-0.05, 0) is 6.07 Å². The Hall–Kier alpha value is -2.32. The van der Waals surface area contributed by atoms with E-state index in [9.17, 15) is 14.5 Å². The molecule has 1 saturated heterocycles. The summed E-state index contributed by atoms with van der Waals surface area (Å²) in [6.45, 7) is 0.491. The Balaban J connectivity index is 2.22. The Morgan fingerprint density at radius 2 is 2.10 bits per heavy atom. The number of fused-ring (bicyclic) bond motifs is 2. The van der Waals surface area contributed by atoms with Crippen LogP contribution in [0.25, 0.3) is 0 Å². The van der Waals surface area contributed by atoms with Gasteiger partial charge in [-0.25, -0.2) is 4.79 Å². The number of anilines is 1. The molecule has 8 nitrogen and oxygen atoms in total. The second-order valence-electron chi connectivity index (χ2n) is 4.31. The van der Waals surface area contributed by atoms with Crippen LogP contribution in [0.5, 0.6) is 0 Å². The molecule has 1 spiro atoms. The molecule has 2 aliphatic rings. The fourth-order valence-electron chi connectivity index (χ4n) is 2.37. The number of nitrogens with one attached hydrogen (secondary N) is 2. The second kappa shape index (κ2) is 4.36. The SMILES string of the molecule is COC(=O)c1cc([NH+]=O)c2c(c1)C1(OCCO1)C(=O)N2. The molecule has 0 saturated carbocycles. The van der Waals surface area contributed by atoms with E-state index in [4.69, 9.17) is 9.47 Å². The molecule has 0 radical (unpaired) electrons. The van der Waals surface area contributed by atoms with Crippen LogP contribution in [0.3, 0.4) is 0 Å². The summed E-state index contributed by atoms with van der Waals surface area (Å²) >= 11 is 0. The normalized spacial score (nSPS) is 18.8. The van der Waals surface area contributed by atoms with E-state index < -0.39 is 17.7 Å². The number of nitroso groups, excluding NO2 is 1. The van der Waals surface area contributed by atoms with Crippen molar-refractivity contribution in [1.82, 2.24) is 0 Å². The third-order valence-electron chi connectivity index (χ3n) is 3.26. The maximum atomic E-state index is 12.1. The number of rotatable bonds is 2. The lowest BCUT2D eigenvalue weighted by atomic mass is 10.0. The quantitative estimate of drug-likeness (QED) is 0.680. The predicted octanol–water partition coefficient (Wildman–Crippen LogP) is -0.897. The third kappa shape index (κ3) is 1.55. The lowest BCUT2D eigenvalue weighted by molar-refractivity contribution is -0.378. The number of hydrogen-bond acceptors (Lipinski definition) is 6. The van der Waals surface area contributed by atoms with Gasteiger partial charge in [0, 0.05) is 16.2 Å². The van der Waals surface area contributed by atoms with Crippen molar-refractivity contribution in [2.45, 2.75) is 5.79 Å². The van der Waals surface area contributed by atoms with E-state index in [1.807, 2.05) is 0 Å². The smallest absolute Gasteiger partial charge is 0.338 e. The molecule has 2 heterocycles. The van der Waals surface area contributed by atoms with Crippen LogP contribution in [0, 0.1) is 4.91 Å². The Bertz CT molecular complexity index is 621. The summed E-state index contributed by atoms with van der Waals surface area (Å²) in [5.41, 5.74) is 0.715. The highest BCUT2D eigenvalue weighted by molar-refractivity contribution is 6.07. The number of benzene rings is 1. The largest absolute Gasteiger partial charge is 0.465 e. The molecule has 20 heavy (non-hydrogen) atoms. The van der Waals surface area contributed by atoms with Crippen LogP contribution in [-0.2, 0) is 24.8 Å². The van der Waals surface area contributed by atoms with Gasteiger partial charge in [0.15, 0.2) is 0 Å². The number of hydrogen-bond donors (Lipinski definition) is 2. The van der Waals surface area contributed by atoms with Gasteiger partial charge in [-0.2, -0.15) is 0 Å². The Morgan fingerprint density at radius 3 is 2.70 bits per heavy atom. The fourth-order valence-corrected chi connectivity index (χ4v) is 2.37. The molecule has 1 aromatic rings. The Morgan fingerprint density at radius 1 is 1.40 bits per heavy atom. The summed E-state index contributed by atoms with van der Waals surface area (Å²) < 4.78 is 15.4. The number of carbonyl (C=O) groups excluding carboxylic acids is 2. The molecule has 2 N–H and O–H groups in total. The molecule has 3 rings (SSSR count). The third-order valence-corrected chi connectivity index (χ3v) is 3.26. The van der Waals surface area contributed by atoms with Gasteiger partial charge in [0.2, 0.25) is 0 Å². The lowest BCUT2D eigenvalue weighted by Crippen LogP contribution is -2.56. The van der Waals surface area contributed by atoms with E-state index in [1.54, 1.807) is 5.18 Å². The van der Waals surface area contributed by atoms with Gasteiger partial charge in [-0.15, -0.1) is 0 Å². The highest BCUT2D eigenvalue weighted by Crippen LogP contribution is 2.45. The average molecular weight is 279 g/mol.